The average molecular weight is 490 g/mol. The summed E-state index contributed by atoms with van der Waals surface area (Å²) in [4.78, 5) is 29.1. The number of nitrogens with zero attached hydrogens (tertiary/aromatic N) is 5. The van der Waals surface area contributed by atoms with Crippen molar-refractivity contribution in [3.05, 3.63) is 41.4 Å². The molecule has 4 rings (SSSR count). The highest BCUT2D eigenvalue weighted by Gasteiger charge is 2.38. The van der Waals surface area contributed by atoms with E-state index in [4.69, 9.17) is 5.41 Å². The molecule has 2 aliphatic heterocycles. The molecule has 13 heteroatoms. The fourth-order valence-corrected chi connectivity index (χ4v) is 3.89. The normalized spacial score (nSPS) is 17.7. The van der Waals surface area contributed by atoms with Crippen LogP contribution in [0.1, 0.15) is 24.6 Å². The number of likely N-dealkylation sites (N-methyl/N-ethyl adjacent to an activating group) is 1. The zero-order valence-corrected chi connectivity index (χ0v) is 19.2. The number of carbonyl (C=O) groups excluding carboxylic acids is 1. The molecule has 0 bridgehead atoms. The Balaban J connectivity index is 1.39. The van der Waals surface area contributed by atoms with Crippen LogP contribution in [0, 0.1) is 5.41 Å². The SMILES string of the molecule is CC1C(=O)N2CCCc3nc(NC/C(C=N)=C/NCc4ccc(OC(F)(F)F)nc4)nc(c32)N1C. The van der Waals surface area contributed by atoms with Gasteiger partial charge in [-0.25, -0.2) is 9.97 Å². The van der Waals surface area contributed by atoms with Crippen LogP contribution in [0.15, 0.2) is 30.1 Å². The van der Waals surface area contributed by atoms with Gasteiger partial charge in [0.15, 0.2) is 5.82 Å². The fraction of sp³-hybridized carbons (Fsp3) is 0.409. The molecule has 0 saturated heterocycles. The fourth-order valence-electron chi connectivity index (χ4n) is 3.89. The predicted octanol–water partition coefficient (Wildman–Crippen LogP) is 2.62. The summed E-state index contributed by atoms with van der Waals surface area (Å²) in [5.74, 6) is 0.625. The van der Waals surface area contributed by atoms with Gasteiger partial charge in [0.05, 0.1) is 5.69 Å². The summed E-state index contributed by atoms with van der Waals surface area (Å²) in [7, 11) is 1.84. The van der Waals surface area contributed by atoms with Crippen molar-refractivity contribution < 1.29 is 22.7 Å². The van der Waals surface area contributed by atoms with E-state index < -0.39 is 12.2 Å². The van der Waals surface area contributed by atoms with Crippen molar-refractivity contribution >= 4 is 29.6 Å². The van der Waals surface area contributed by atoms with Gasteiger partial charge in [-0.3, -0.25) is 4.79 Å². The van der Waals surface area contributed by atoms with Crippen molar-refractivity contribution in [3.8, 4) is 5.88 Å². The van der Waals surface area contributed by atoms with E-state index in [1.165, 1.54) is 18.5 Å². The van der Waals surface area contributed by atoms with Crippen LogP contribution in [0.5, 0.6) is 5.88 Å². The molecular formula is C22H25F3N8O2. The smallest absolute Gasteiger partial charge is 0.388 e. The number of aryl methyl sites for hydroxylation is 1. The van der Waals surface area contributed by atoms with Crippen molar-refractivity contribution in [2.24, 2.45) is 0 Å². The van der Waals surface area contributed by atoms with Crippen LogP contribution in [0.4, 0.5) is 30.6 Å². The van der Waals surface area contributed by atoms with E-state index in [0.717, 1.165) is 30.3 Å². The van der Waals surface area contributed by atoms with Crippen LogP contribution in [0.3, 0.4) is 0 Å². The first-order chi connectivity index (χ1) is 16.7. The first kappa shape index (κ1) is 24.2. The molecule has 0 aromatic carbocycles. The molecule has 1 unspecified atom stereocenters. The topological polar surface area (TPSA) is 119 Å². The number of hydrogen-bond acceptors (Lipinski definition) is 9. The third-order valence-corrected chi connectivity index (χ3v) is 5.79. The van der Waals surface area contributed by atoms with Crippen molar-refractivity contribution in [2.75, 3.05) is 35.3 Å². The van der Waals surface area contributed by atoms with Crippen LogP contribution < -0.4 is 25.2 Å². The van der Waals surface area contributed by atoms with Crippen molar-refractivity contribution in [1.29, 1.82) is 5.41 Å². The van der Waals surface area contributed by atoms with E-state index in [0.29, 0.717) is 36.0 Å². The Morgan fingerprint density at radius 1 is 1.34 bits per heavy atom. The molecule has 35 heavy (non-hydrogen) atoms. The van der Waals surface area contributed by atoms with Crippen LogP contribution >= 0.6 is 0 Å². The molecule has 0 radical (unpaired) electrons. The molecular weight excluding hydrogens is 465 g/mol. The minimum atomic E-state index is -4.79. The highest BCUT2D eigenvalue weighted by Crippen LogP contribution is 2.39. The largest absolute Gasteiger partial charge is 0.574 e. The molecule has 1 amide bonds. The second kappa shape index (κ2) is 9.76. The van der Waals surface area contributed by atoms with E-state index in [1.807, 2.05) is 18.9 Å². The van der Waals surface area contributed by atoms with Gasteiger partial charge in [0.1, 0.15) is 11.7 Å². The Morgan fingerprint density at radius 2 is 2.14 bits per heavy atom. The van der Waals surface area contributed by atoms with E-state index in [-0.39, 0.29) is 18.5 Å². The van der Waals surface area contributed by atoms with Crippen molar-refractivity contribution in [3.63, 3.8) is 0 Å². The summed E-state index contributed by atoms with van der Waals surface area (Å²) in [5.41, 5.74) is 2.84. The molecule has 0 saturated carbocycles. The predicted molar refractivity (Wildman–Crippen MR) is 124 cm³/mol. The molecule has 3 N–H and O–H groups in total. The lowest BCUT2D eigenvalue weighted by molar-refractivity contribution is -0.276. The van der Waals surface area contributed by atoms with Crippen LogP contribution in [0.2, 0.25) is 0 Å². The summed E-state index contributed by atoms with van der Waals surface area (Å²) >= 11 is 0. The molecule has 4 heterocycles. The number of pyridine rings is 1. The molecule has 0 aliphatic carbocycles. The second-order valence-electron chi connectivity index (χ2n) is 8.20. The van der Waals surface area contributed by atoms with E-state index in [1.54, 1.807) is 11.1 Å². The zero-order valence-electron chi connectivity index (χ0n) is 19.2. The van der Waals surface area contributed by atoms with Gasteiger partial charge < -0.3 is 30.6 Å². The highest BCUT2D eigenvalue weighted by atomic mass is 19.4. The lowest BCUT2D eigenvalue weighted by Gasteiger charge is -2.41. The van der Waals surface area contributed by atoms with Gasteiger partial charge in [-0.05, 0) is 25.3 Å². The summed E-state index contributed by atoms with van der Waals surface area (Å²) in [6, 6.07) is 2.29. The number of aromatic nitrogens is 3. The number of hydrogen-bond donors (Lipinski definition) is 3. The Hall–Kier alpha value is -3.90. The number of carbonyl (C=O) groups is 1. The maximum atomic E-state index is 12.6. The van der Waals surface area contributed by atoms with Crippen molar-refractivity contribution in [1.82, 2.24) is 20.3 Å². The van der Waals surface area contributed by atoms with Crippen LogP contribution in [-0.2, 0) is 17.8 Å². The quantitative estimate of drug-likeness (QED) is 0.483. The lowest BCUT2D eigenvalue weighted by atomic mass is 10.0. The second-order valence-corrected chi connectivity index (χ2v) is 8.20. The first-order valence-corrected chi connectivity index (χ1v) is 11.0. The molecule has 10 nitrogen and oxygen atoms in total. The minimum absolute atomic E-state index is 0.0445. The van der Waals surface area contributed by atoms with Gasteiger partial charge in [-0.2, -0.15) is 4.98 Å². The number of amides is 1. The number of nitrogens with one attached hydrogen (secondary N) is 3. The number of anilines is 3. The Kier molecular flexibility index (Phi) is 6.76. The molecule has 2 aromatic heterocycles. The maximum Gasteiger partial charge on any atom is 0.574 e. The summed E-state index contributed by atoms with van der Waals surface area (Å²) in [6.45, 7) is 3.08. The zero-order chi connectivity index (χ0) is 25.2. The van der Waals surface area contributed by atoms with Gasteiger partial charge in [-0.1, -0.05) is 6.07 Å². The van der Waals surface area contributed by atoms with Gasteiger partial charge in [-0.15, -0.1) is 13.2 Å². The Bertz CT molecular complexity index is 1140. The summed E-state index contributed by atoms with van der Waals surface area (Å²) in [6.07, 6.45) is 0.875. The summed E-state index contributed by atoms with van der Waals surface area (Å²) in [5, 5.41) is 13.8. The van der Waals surface area contributed by atoms with Gasteiger partial charge >= 0.3 is 6.36 Å². The monoisotopic (exact) mass is 490 g/mol. The Labute approximate surface area is 199 Å². The van der Waals surface area contributed by atoms with E-state index >= 15 is 0 Å². The van der Waals surface area contributed by atoms with Crippen LogP contribution in [0.25, 0.3) is 0 Å². The number of ether oxygens (including phenoxy) is 1. The average Bonchev–Trinajstić information content (AvgIpc) is 2.83. The maximum absolute atomic E-state index is 12.6. The lowest BCUT2D eigenvalue weighted by Crippen LogP contribution is -2.53. The Morgan fingerprint density at radius 3 is 2.83 bits per heavy atom. The third kappa shape index (κ3) is 5.44. The van der Waals surface area contributed by atoms with E-state index in [9.17, 15) is 18.0 Å². The summed E-state index contributed by atoms with van der Waals surface area (Å²) < 4.78 is 40.4. The van der Waals surface area contributed by atoms with Crippen LogP contribution in [-0.4, -0.2) is 59.6 Å². The minimum Gasteiger partial charge on any atom is -0.388 e. The molecule has 0 spiro atoms. The highest BCUT2D eigenvalue weighted by molar-refractivity contribution is 6.05. The number of rotatable bonds is 8. The van der Waals surface area contributed by atoms with E-state index in [2.05, 4.69) is 30.3 Å². The number of halogens is 3. The van der Waals surface area contributed by atoms with Gasteiger partial charge in [0, 0.05) is 56.9 Å². The molecule has 2 aliphatic rings. The molecule has 0 fully saturated rings. The third-order valence-electron chi connectivity index (χ3n) is 5.79. The van der Waals surface area contributed by atoms with Crippen molar-refractivity contribution in [2.45, 2.75) is 38.7 Å². The van der Waals surface area contributed by atoms with Gasteiger partial charge in [0.25, 0.3) is 0 Å². The molecule has 2 aromatic rings. The number of alkyl halides is 3. The first-order valence-electron chi connectivity index (χ1n) is 11.0. The standard InChI is InChI=1S/C22H25F3N8O2/c1-13-20(34)33-7-3-4-16-18(33)19(32(13)2)31-21(30-16)29-12-15(8-26)10-27-9-14-5-6-17(28-11-14)35-22(23,24)25/h5-6,8,10-11,13,26-27H,3-4,7,9,12H2,1-2H3,(H,29,30,31)/b15-10+,26-8?. The molecule has 1 atom stereocenters. The van der Waals surface area contributed by atoms with Gasteiger partial charge in [0.2, 0.25) is 17.7 Å². The molecule has 186 valence electrons.